The molecule has 0 saturated carbocycles. The van der Waals surface area contributed by atoms with E-state index in [1.807, 2.05) is 20.8 Å². The standard InChI is InChI=1S/C9H17ClO2/c1-4-6-8(10)9(11)12-7(3)5-2/h7-8H,4-6H2,1-3H3. The molecule has 2 atom stereocenters. The first kappa shape index (κ1) is 11.8. The van der Waals surface area contributed by atoms with Gasteiger partial charge in [0.1, 0.15) is 5.38 Å². The van der Waals surface area contributed by atoms with E-state index in [1.165, 1.54) is 0 Å². The molecule has 72 valence electrons. The van der Waals surface area contributed by atoms with E-state index in [9.17, 15) is 4.79 Å². The Morgan fingerprint density at radius 2 is 2.08 bits per heavy atom. The highest BCUT2D eigenvalue weighted by atomic mass is 35.5. The second-order valence-electron chi connectivity index (χ2n) is 2.91. The first-order valence-electron chi connectivity index (χ1n) is 4.46. The summed E-state index contributed by atoms with van der Waals surface area (Å²) in [6.07, 6.45) is 2.41. The fraction of sp³-hybridized carbons (Fsp3) is 0.889. The van der Waals surface area contributed by atoms with Gasteiger partial charge in [0, 0.05) is 0 Å². The van der Waals surface area contributed by atoms with Gasteiger partial charge in [-0.1, -0.05) is 20.3 Å². The lowest BCUT2D eigenvalue weighted by molar-refractivity contribution is -0.148. The highest BCUT2D eigenvalue weighted by molar-refractivity contribution is 6.29. The first-order chi connectivity index (χ1) is 5.61. The summed E-state index contributed by atoms with van der Waals surface area (Å²) in [5, 5.41) is -0.469. The fourth-order valence-electron chi connectivity index (χ4n) is 0.727. The van der Waals surface area contributed by atoms with Crippen LogP contribution in [-0.2, 0) is 9.53 Å². The number of esters is 1. The van der Waals surface area contributed by atoms with Gasteiger partial charge in [0.2, 0.25) is 0 Å². The molecule has 2 nitrogen and oxygen atoms in total. The minimum atomic E-state index is -0.469. The third kappa shape index (κ3) is 4.60. The Kier molecular flexibility index (Phi) is 6.17. The van der Waals surface area contributed by atoms with E-state index in [0.29, 0.717) is 6.42 Å². The summed E-state index contributed by atoms with van der Waals surface area (Å²) in [7, 11) is 0. The smallest absolute Gasteiger partial charge is 0.324 e. The van der Waals surface area contributed by atoms with Crippen LogP contribution < -0.4 is 0 Å². The summed E-state index contributed by atoms with van der Waals surface area (Å²) in [5.41, 5.74) is 0. The normalized spacial score (nSPS) is 15.3. The van der Waals surface area contributed by atoms with Gasteiger partial charge in [-0.2, -0.15) is 0 Å². The summed E-state index contributed by atoms with van der Waals surface area (Å²) >= 11 is 5.76. The van der Waals surface area contributed by atoms with E-state index in [1.54, 1.807) is 0 Å². The lowest BCUT2D eigenvalue weighted by atomic mass is 10.2. The van der Waals surface area contributed by atoms with E-state index in [0.717, 1.165) is 12.8 Å². The Morgan fingerprint density at radius 1 is 1.50 bits per heavy atom. The number of hydrogen-bond donors (Lipinski definition) is 0. The van der Waals surface area contributed by atoms with Crippen LogP contribution in [0.1, 0.15) is 40.0 Å². The van der Waals surface area contributed by atoms with Crippen molar-refractivity contribution >= 4 is 17.6 Å². The van der Waals surface area contributed by atoms with E-state index in [4.69, 9.17) is 16.3 Å². The van der Waals surface area contributed by atoms with Crippen molar-refractivity contribution in [2.75, 3.05) is 0 Å². The van der Waals surface area contributed by atoms with E-state index in [-0.39, 0.29) is 12.1 Å². The summed E-state index contributed by atoms with van der Waals surface area (Å²) in [6, 6.07) is 0. The highest BCUT2D eigenvalue weighted by Gasteiger charge is 2.17. The van der Waals surface area contributed by atoms with Crippen molar-refractivity contribution in [3.63, 3.8) is 0 Å². The van der Waals surface area contributed by atoms with Gasteiger partial charge in [0.05, 0.1) is 6.10 Å². The Bertz CT molecular complexity index is 136. The van der Waals surface area contributed by atoms with E-state index in [2.05, 4.69) is 0 Å². The number of carbonyl (C=O) groups excluding carboxylic acids is 1. The van der Waals surface area contributed by atoms with Crippen LogP contribution in [0.4, 0.5) is 0 Å². The predicted octanol–water partition coefficient (Wildman–Crippen LogP) is 2.74. The maximum Gasteiger partial charge on any atom is 0.324 e. The van der Waals surface area contributed by atoms with Crippen molar-refractivity contribution < 1.29 is 9.53 Å². The SMILES string of the molecule is CCCC(Cl)C(=O)OC(C)CC. The fourth-order valence-corrected chi connectivity index (χ4v) is 0.996. The quantitative estimate of drug-likeness (QED) is 0.495. The van der Waals surface area contributed by atoms with Gasteiger partial charge >= 0.3 is 5.97 Å². The van der Waals surface area contributed by atoms with Crippen molar-refractivity contribution in [2.24, 2.45) is 0 Å². The van der Waals surface area contributed by atoms with Crippen LogP contribution in [0.15, 0.2) is 0 Å². The molecule has 0 rings (SSSR count). The summed E-state index contributed by atoms with van der Waals surface area (Å²) in [6.45, 7) is 5.83. The minimum Gasteiger partial charge on any atom is -0.462 e. The monoisotopic (exact) mass is 192 g/mol. The molecule has 0 amide bonds. The molecule has 0 N–H and O–H groups in total. The van der Waals surface area contributed by atoms with E-state index < -0.39 is 5.38 Å². The number of rotatable bonds is 5. The third-order valence-corrected chi connectivity index (χ3v) is 2.09. The molecule has 0 fully saturated rings. The van der Waals surface area contributed by atoms with Crippen LogP contribution in [0.3, 0.4) is 0 Å². The number of carbonyl (C=O) groups is 1. The highest BCUT2D eigenvalue weighted by Crippen LogP contribution is 2.09. The zero-order valence-electron chi connectivity index (χ0n) is 7.97. The van der Waals surface area contributed by atoms with Crippen LogP contribution in [0.5, 0.6) is 0 Å². The lowest BCUT2D eigenvalue weighted by Gasteiger charge is -2.13. The van der Waals surface area contributed by atoms with Crippen molar-refractivity contribution in [3.8, 4) is 0 Å². The molecule has 2 unspecified atom stereocenters. The Balaban J connectivity index is 3.70. The van der Waals surface area contributed by atoms with Crippen LogP contribution in [0.25, 0.3) is 0 Å². The zero-order valence-corrected chi connectivity index (χ0v) is 8.73. The third-order valence-electron chi connectivity index (χ3n) is 1.69. The molecule has 0 aliphatic heterocycles. The van der Waals surface area contributed by atoms with Crippen LogP contribution in [-0.4, -0.2) is 17.5 Å². The first-order valence-corrected chi connectivity index (χ1v) is 4.90. The minimum absolute atomic E-state index is 0.0180. The van der Waals surface area contributed by atoms with Crippen molar-refractivity contribution in [1.82, 2.24) is 0 Å². The molecule has 0 radical (unpaired) electrons. The van der Waals surface area contributed by atoms with Gasteiger partial charge in [-0.05, 0) is 19.8 Å². The predicted molar refractivity (Wildman–Crippen MR) is 50.4 cm³/mol. The van der Waals surface area contributed by atoms with Crippen LogP contribution >= 0.6 is 11.6 Å². The summed E-state index contributed by atoms with van der Waals surface area (Å²) in [4.78, 5) is 11.1. The molecule has 0 aliphatic carbocycles. The molecule has 0 heterocycles. The number of hydrogen-bond acceptors (Lipinski definition) is 2. The second kappa shape index (κ2) is 6.30. The van der Waals surface area contributed by atoms with Crippen molar-refractivity contribution in [3.05, 3.63) is 0 Å². The molecule has 3 heteroatoms. The summed E-state index contributed by atoms with van der Waals surface area (Å²) < 4.78 is 5.04. The van der Waals surface area contributed by atoms with Crippen LogP contribution in [0, 0.1) is 0 Å². The van der Waals surface area contributed by atoms with Gasteiger partial charge in [0.25, 0.3) is 0 Å². The Morgan fingerprint density at radius 3 is 2.50 bits per heavy atom. The van der Waals surface area contributed by atoms with Crippen molar-refractivity contribution in [1.29, 1.82) is 0 Å². The molecule has 0 aliphatic rings. The van der Waals surface area contributed by atoms with Gasteiger partial charge < -0.3 is 4.74 Å². The lowest BCUT2D eigenvalue weighted by Crippen LogP contribution is -2.22. The maximum absolute atomic E-state index is 11.1. The molecule has 0 spiro atoms. The molecular formula is C9H17ClO2. The van der Waals surface area contributed by atoms with Gasteiger partial charge in [-0.3, -0.25) is 4.79 Å². The zero-order chi connectivity index (χ0) is 9.56. The molecule has 0 saturated heterocycles. The largest absolute Gasteiger partial charge is 0.462 e. The van der Waals surface area contributed by atoms with Crippen LogP contribution in [0.2, 0.25) is 0 Å². The summed E-state index contributed by atoms with van der Waals surface area (Å²) in [5.74, 6) is -0.284. The number of alkyl halides is 1. The topological polar surface area (TPSA) is 26.3 Å². The molecule has 0 bridgehead atoms. The Labute approximate surface area is 79.2 Å². The Hall–Kier alpha value is -0.240. The van der Waals surface area contributed by atoms with Gasteiger partial charge in [0.15, 0.2) is 0 Å². The molecule has 12 heavy (non-hydrogen) atoms. The van der Waals surface area contributed by atoms with Gasteiger partial charge in [-0.15, -0.1) is 11.6 Å². The molecule has 0 aromatic heterocycles. The average Bonchev–Trinajstić information content (AvgIpc) is 2.04. The molecular weight excluding hydrogens is 176 g/mol. The maximum atomic E-state index is 11.1. The number of halogens is 1. The van der Waals surface area contributed by atoms with Crippen molar-refractivity contribution in [2.45, 2.75) is 51.5 Å². The second-order valence-corrected chi connectivity index (χ2v) is 3.44. The molecule has 0 aromatic rings. The van der Waals surface area contributed by atoms with Gasteiger partial charge in [-0.25, -0.2) is 0 Å². The van der Waals surface area contributed by atoms with E-state index >= 15 is 0 Å². The molecule has 0 aromatic carbocycles. The average molecular weight is 193 g/mol. The number of ether oxygens (including phenoxy) is 1.